The summed E-state index contributed by atoms with van der Waals surface area (Å²) >= 11 is 0. The Bertz CT molecular complexity index is 378. The van der Waals surface area contributed by atoms with Gasteiger partial charge >= 0.3 is 0 Å². The van der Waals surface area contributed by atoms with E-state index in [1.54, 1.807) is 13.2 Å². The van der Waals surface area contributed by atoms with E-state index in [4.69, 9.17) is 4.74 Å². The molecule has 0 heterocycles. The Hall–Kier alpha value is -1.74. The average Bonchev–Trinajstić information content (AvgIpc) is 2.32. The molecule has 0 unspecified atom stereocenters. The highest BCUT2D eigenvalue weighted by Gasteiger charge is 2.10. The van der Waals surface area contributed by atoms with Gasteiger partial charge in [-0.15, -0.1) is 13.2 Å². The molecule has 0 saturated carbocycles. The Morgan fingerprint density at radius 3 is 2.47 bits per heavy atom. The summed E-state index contributed by atoms with van der Waals surface area (Å²) in [6, 6.07) is 5.50. The fourth-order valence-electron chi connectivity index (χ4n) is 1.67. The monoisotopic (exact) mass is 233 g/mol. The minimum absolute atomic E-state index is 0.202. The topological polar surface area (TPSA) is 32.7 Å². The van der Waals surface area contributed by atoms with Crippen molar-refractivity contribution in [1.29, 1.82) is 0 Å². The molecule has 0 spiro atoms. The fourth-order valence-corrected chi connectivity index (χ4v) is 1.67. The highest BCUT2D eigenvalue weighted by Crippen LogP contribution is 2.30. The number of phenolic OH excluding ortho intramolecular Hbond substituents is 1. The summed E-state index contributed by atoms with van der Waals surface area (Å²) in [5, 5.41) is 9.97. The molecule has 0 aliphatic heterocycles. The second-order valence-corrected chi connectivity index (χ2v) is 3.74. The highest BCUT2D eigenvalue weighted by molar-refractivity contribution is 5.45. The van der Waals surface area contributed by atoms with Gasteiger partial charge in [0, 0.05) is 25.2 Å². The predicted molar refractivity (Wildman–Crippen MR) is 70.3 cm³/mol. The lowest BCUT2D eigenvalue weighted by Gasteiger charge is -2.19. The van der Waals surface area contributed by atoms with Crippen molar-refractivity contribution in [2.45, 2.75) is 6.54 Å². The molecular formula is C14H19NO2. The largest absolute Gasteiger partial charge is 0.504 e. The molecule has 0 aliphatic carbocycles. The Labute approximate surface area is 103 Å². The van der Waals surface area contributed by atoms with Gasteiger partial charge in [-0.1, -0.05) is 24.3 Å². The van der Waals surface area contributed by atoms with Crippen LogP contribution in [-0.4, -0.2) is 30.2 Å². The Morgan fingerprint density at radius 1 is 1.29 bits per heavy atom. The van der Waals surface area contributed by atoms with Crippen LogP contribution in [0.4, 0.5) is 0 Å². The third kappa shape index (κ3) is 3.64. The summed E-state index contributed by atoms with van der Waals surface area (Å²) in [6.07, 6.45) is 3.67. The average molecular weight is 233 g/mol. The van der Waals surface area contributed by atoms with Crippen molar-refractivity contribution < 1.29 is 9.84 Å². The number of phenols is 1. The van der Waals surface area contributed by atoms with Gasteiger partial charge in [-0.25, -0.2) is 0 Å². The number of rotatable bonds is 7. The zero-order chi connectivity index (χ0) is 12.7. The Balaban J connectivity index is 2.84. The highest BCUT2D eigenvalue weighted by atomic mass is 16.5. The van der Waals surface area contributed by atoms with E-state index < -0.39 is 0 Å². The molecule has 0 saturated heterocycles. The first-order valence-corrected chi connectivity index (χ1v) is 5.52. The third-order valence-corrected chi connectivity index (χ3v) is 2.47. The standard InChI is InChI=1S/C14H19NO2/c1-4-9-15(10-5-2)11-12-7-6-8-13(17-3)14(12)16/h4-8,16H,1-2,9-11H2,3H3. The van der Waals surface area contributed by atoms with E-state index in [0.717, 1.165) is 18.7 Å². The molecule has 1 N–H and O–H groups in total. The van der Waals surface area contributed by atoms with Gasteiger partial charge in [0.1, 0.15) is 0 Å². The van der Waals surface area contributed by atoms with Crippen LogP contribution in [0.3, 0.4) is 0 Å². The molecule has 0 bridgehead atoms. The van der Waals surface area contributed by atoms with Crippen molar-refractivity contribution in [2.24, 2.45) is 0 Å². The summed E-state index contributed by atoms with van der Waals surface area (Å²) in [5.41, 5.74) is 0.841. The maximum absolute atomic E-state index is 9.97. The quantitative estimate of drug-likeness (QED) is 0.735. The van der Waals surface area contributed by atoms with Crippen LogP contribution in [0.15, 0.2) is 43.5 Å². The van der Waals surface area contributed by atoms with Crippen molar-refractivity contribution in [3.8, 4) is 11.5 Å². The van der Waals surface area contributed by atoms with E-state index in [9.17, 15) is 5.11 Å². The lowest BCUT2D eigenvalue weighted by atomic mass is 10.1. The number of para-hydroxylation sites is 1. The number of nitrogens with zero attached hydrogens (tertiary/aromatic N) is 1. The molecule has 17 heavy (non-hydrogen) atoms. The summed E-state index contributed by atoms with van der Waals surface area (Å²) < 4.78 is 5.08. The smallest absolute Gasteiger partial charge is 0.162 e. The van der Waals surface area contributed by atoms with Gasteiger partial charge in [0.15, 0.2) is 11.5 Å². The molecule has 1 rings (SSSR count). The van der Waals surface area contributed by atoms with Crippen LogP contribution in [0.25, 0.3) is 0 Å². The van der Waals surface area contributed by atoms with E-state index in [1.807, 2.05) is 24.3 Å². The summed E-state index contributed by atoms with van der Waals surface area (Å²) in [7, 11) is 1.55. The van der Waals surface area contributed by atoms with Crippen LogP contribution < -0.4 is 4.74 Å². The minimum Gasteiger partial charge on any atom is -0.504 e. The van der Waals surface area contributed by atoms with Crippen LogP contribution in [0, 0.1) is 0 Å². The van der Waals surface area contributed by atoms with E-state index in [0.29, 0.717) is 12.3 Å². The van der Waals surface area contributed by atoms with Gasteiger partial charge in [-0.05, 0) is 6.07 Å². The second kappa shape index (κ2) is 6.76. The molecule has 0 atom stereocenters. The maximum Gasteiger partial charge on any atom is 0.162 e. The first-order chi connectivity index (χ1) is 8.22. The van der Waals surface area contributed by atoms with Crippen LogP contribution in [-0.2, 0) is 6.54 Å². The third-order valence-electron chi connectivity index (χ3n) is 2.47. The summed E-state index contributed by atoms with van der Waals surface area (Å²) in [5.74, 6) is 0.702. The summed E-state index contributed by atoms with van der Waals surface area (Å²) in [6.45, 7) is 9.58. The molecule has 0 amide bonds. The molecule has 0 fully saturated rings. The van der Waals surface area contributed by atoms with Gasteiger partial charge in [0.25, 0.3) is 0 Å². The van der Waals surface area contributed by atoms with Crippen molar-refractivity contribution in [1.82, 2.24) is 4.90 Å². The zero-order valence-electron chi connectivity index (χ0n) is 10.2. The number of ether oxygens (including phenoxy) is 1. The number of hydrogen-bond donors (Lipinski definition) is 1. The van der Waals surface area contributed by atoms with Gasteiger partial charge in [-0.2, -0.15) is 0 Å². The van der Waals surface area contributed by atoms with E-state index in [-0.39, 0.29) is 5.75 Å². The van der Waals surface area contributed by atoms with Gasteiger partial charge in [0.05, 0.1) is 7.11 Å². The second-order valence-electron chi connectivity index (χ2n) is 3.74. The van der Waals surface area contributed by atoms with E-state index >= 15 is 0 Å². The predicted octanol–water partition coefficient (Wildman–Crippen LogP) is 2.57. The van der Waals surface area contributed by atoms with Crippen molar-refractivity contribution >= 4 is 0 Å². The minimum atomic E-state index is 0.202. The van der Waals surface area contributed by atoms with Crippen molar-refractivity contribution in [2.75, 3.05) is 20.2 Å². The zero-order valence-corrected chi connectivity index (χ0v) is 10.2. The molecule has 1 aromatic carbocycles. The van der Waals surface area contributed by atoms with Gasteiger partial charge < -0.3 is 9.84 Å². The lowest BCUT2D eigenvalue weighted by Crippen LogP contribution is -2.23. The first kappa shape index (κ1) is 13.3. The molecule has 0 aromatic heterocycles. The fraction of sp³-hybridized carbons (Fsp3) is 0.286. The van der Waals surface area contributed by atoms with E-state index in [2.05, 4.69) is 18.1 Å². The van der Waals surface area contributed by atoms with Gasteiger partial charge in [0.2, 0.25) is 0 Å². The lowest BCUT2D eigenvalue weighted by molar-refractivity contribution is 0.315. The normalized spacial score (nSPS) is 10.2. The Morgan fingerprint density at radius 2 is 1.94 bits per heavy atom. The number of aromatic hydroxyl groups is 1. The van der Waals surface area contributed by atoms with Crippen LogP contribution in [0.5, 0.6) is 11.5 Å². The van der Waals surface area contributed by atoms with Crippen LogP contribution in [0.1, 0.15) is 5.56 Å². The van der Waals surface area contributed by atoms with Crippen molar-refractivity contribution in [3.05, 3.63) is 49.1 Å². The molecule has 1 aromatic rings. The first-order valence-electron chi connectivity index (χ1n) is 5.52. The number of hydrogen-bond acceptors (Lipinski definition) is 3. The number of benzene rings is 1. The maximum atomic E-state index is 9.97. The molecule has 92 valence electrons. The molecular weight excluding hydrogens is 214 g/mol. The van der Waals surface area contributed by atoms with Crippen molar-refractivity contribution in [3.63, 3.8) is 0 Å². The van der Waals surface area contributed by atoms with E-state index in [1.165, 1.54) is 0 Å². The molecule has 3 heteroatoms. The SMILES string of the molecule is C=CCN(CC=C)Cc1cccc(OC)c1O. The summed E-state index contributed by atoms with van der Waals surface area (Å²) in [4.78, 5) is 2.12. The molecule has 0 radical (unpaired) electrons. The van der Waals surface area contributed by atoms with Crippen LogP contribution >= 0.6 is 0 Å². The van der Waals surface area contributed by atoms with Gasteiger partial charge in [-0.3, -0.25) is 4.90 Å². The Kier molecular flexibility index (Phi) is 5.30. The molecule has 0 aliphatic rings. The number of methoxy groups -OCH3 is 1. The molecule has 3 nitrogen and oxygen atoms in total. The van der Waals surface area contributed by atoms with Crippen LogP contribution in [0.2, 0.25) is 0 Å².